The van der Waals surface area contributed by atoms with Crippen LogP contribution in [0, 0.1) is 0 Å². The van der Waals surface area contributed by atoms with Crippen LogP contribution >= 0.6 is 0 Å². The van der Waals surface area contributed by atoms with E-state index in [1.165, 1.54) is 0 Å². The van der Waals surface area contributed by atoms with Crippen molar-refractivity contribution in [2.24, 2.45) is 0 Å². The quantitative estimate of drug-likeness (QED) is 0.849. The predicted molar refractivity (Wildman–Crippen MR) is 92.9 cm³/mol. The Morgan fingerprint density at radius 3 is 2.71 bits per heavy atom. The van der Waals surface area contributed by atoms with Gasteiger partial charge >= 0.3 is 0 Å². The van der Waals surface area contributed by atoms with Crippen LogP contribution in [0.4, 0.5) is 0 Å². The number of benzene rings is 1. The minimum atomic E-state index is -0.930. The molecule has 5 heteroatoms. The van der Waals surface area contributed by atoms with Gasteiger partial charge in [0.05, 0.1) is 5.60 Å². The minimum Gasteiger partial charge on any atom is -0.489 e. The molecule has 0 atom stereocenters. The monoisotopic (exact) mass is 328 g/mol. The lowest BCUT2D eigenvalue weighted by molar-refractivity contribution is 0.0314. The molecule has 24 heavy (non-hydrogen) atoms. The molecule has 0 fully saturated rings. The first kappa shape index (κ1) is 17.9. The van der Waals surface area contributed by atoms with Gasteiger partial charge < -0.3 is 14.7 Å². The molecule has 0 unspecified atom stereocenters. The number of ether oxygens (including phenoxy) is 1. The van der Waals surface area contributed by atoms with Gasteiger partial charge in [0.2, 0.25) is 0 Å². The molecule has 0 saturated carbocycles. The van der Waals surface area contributed by atoms with Crippen molar-refractivity contribution >= 4 is 5.91 Å². The summed E-state index contributed by atoms with van der Waals surface area (Å²) in [5.74, 6) is 0.510. The number of pyridine rings is 1. The summed E-state index contributed by atoms with van der Waals surface area (Å²) < 4.78 is 5.74. The zero-order valence-corrected chi connectivity index (χ0v) is 14.4. The third-order valence-electron chi connectivity index (χ3n) is 3.46. The van der Waals surface area contributed by atoms with E-state index in [1.807, 2.05) is 25.1 Å². The van der Waals surface area contributed by atoms with E-state index in [4.69, 9.17) is 4.74 Å². The second kappa shape index (κ2) is 7.93. The molecular weight excluding hydrogens is 304 g/mol. The van der Waals surface area contributed by atoms with E-state index in [-0.39, 0.29) is 12.5 Å². The molecule has 0 spiro atoms. The highest BCUT2D eigenvalue weighted by molar-refractivity contribution is 5.94. The molecule has 2 aromatic rings. The molecule has 1 heterocycles. The van der Waals surface area contributed by atoms with Crippen LogP contribution in [-0.2, 0) is 6.61 Å². The topological polar surface area (TPSA) is 62.7 Å². The number of aliphatic hydroxyl groups is 1. The van der Waals surface area contributed by atoms with Crippen LogP contribution in [0.3, 0.4) is 0 Å². The lowest BCUT2D eigenvalue weighted by Gasteiger charge is -2.28. The molecule has 0 aliphatic heterocycles. The van der Waals surface area contributed by atoms with Crippen LogP contribution in [0.15, 0.2) is 48.8 Å². The van der Waals surface area contributed by atoms with Crippen molar-refractivity contribution in [3.8, 4) is 5.75 Å². The highest BCUT2D eigenvalue weighted by Gasteiger charge is 2.22. The number of rotatable bonds is 7. The molecule has 0 aliphatic rings. The predicted octanol–water partition coefficient (Wildman–Crippen LogP) is 2.89. The van der Waals surface area contributed by atoms with Crippen LogP contribution in [0.2, 0.25) is 0 Å². The molecule has 0 radical (unpaired) electrons. The van der Waals surface area contributed by atoms with E-state index in [1.54, 1.807) is 49.3 Å². The summed E-state index contributed by atoms with van der Waals surface area (Å²) in [5.41, 5.74) is 0.580. The zero-order chi connectivity index (χ0) is 17.6. The van der Waals surface area contributed by atoms with Gasteiger partial charge in [-0.2, -0.15) is 0 Å². The third-order valence-corrected chi connectivity index (χ3v) is 3.46. The van der Waals surface area contributed by atoms with Crippen molar-refractivity contribution in [2.75, 3.05) is 13.1 Å². The lowest BCUT2D eigenvalue weighted by atomic mass is 10.1. The van der Waals surface area contributed by atoms with Gasteiger partial charge in [-0.1, -0.05) is 12.1 Å². The van der Waals surface area contributed by atoms with Crippen LogP contribution < -0.4 is 4.74 Å². The summed E-state index contributed by atoms with van der Waals surface area (Å²) >= 11 is 0. The van der Waals surface area contributed by atoms with Gasteiger partial charge in [-0.05, 0) is 45.0 Å². The van der Waals surface area contributed by atoms with Crippen molar-refractivity contribution in [3.05, 3.63) is 59.9 Å². The van der Waals surface area contributed by atoms with Crippen LogP contribution in [0.5, 0.6) is 5.75 Å². The van der Waals surface area contributed by atoms with Crippen LogP contribution in [0.1, 0.15) is 36.7 Å². The Balaban J connectivity index is 2.07. The molecular formula is C19H24N2O3. The average molecular weight is 328 g/mol. The fourth-order valence-corrected chi connectivity index (χ4v) is 2.35. The van der Waals surface area contributed by atoms with E-state index in [0.29, 0.717) is 24.5 Å². The Labute approximate surface area is 142 Å². The molecule has 1 N–H and O–H groups in total. The molecule has 0 bridgehead atoms. The van der Waals surface area contributed by atoms with E-state index in [2.05, 4.69) is 4.98 Å². The maximum absolute atomic E-state index is 12.6. The van der Waals surface area contributed by atoms with E-state index < -0.39 is 5.60 Å². The van der Waals surface area contributed by atoms with Gasteiger partial charge in [0.25, 0.3) is 5.91 Å². The SMILES string of the molecule is CCN(CC(C)(C)O)C(=O)c1cccc(OCc2cccnc2)c1. The second-order valence-electron chi connectivity index (χ2n) is 6.31. The Kier molecular flexibility index (Phi) is 5.93. The van der Waals surface area contributed by atoms with Gasteiger partial charge in [0.1, 0.15) is 12.4 Å². The van der Waals surface area contributed by atoms with E-state index in [0.717, 1.165) is 5.56 Å². The summed E-state index contributed by atoms with van der Waals surface area (Å²) in [5, 5.41) is 9.96. The van der Waals surface area contributed by atoms with Gasteiger partial charge in [-0.3, -0.25) is 9.78 Å². The zero-order valence-electron chi connectivity index (χ0n) is 14.4. The number of carbonyl (C=O) groups excluding carboxylic acids is 1. The summed E-state index contributed by atoms with van der Waals surface area (Å²) in [6.45, 7) is 6.48. The summed E-state index contributed by atoms with van der Waals surface area (Å²) in [4.78, 5) is 18.3. The number of likely N-dealkylation sites (N-methyl/N-ethyl adjacent to an activating group) is 1. The fraction of sp³-hybridized carbons (Fsp3) is 0.368. The molecule has 128 valence electrons. The first-order valence-corrected chi connectivity index (χ1v) is 8.02. The number of aromatic nitrogens is 1. The number of hydrogen-bond acceptors (Lipinski definition) is 4. The van der Waals surface area contributed by atoms with Crippen molar-refractivity contribution in [3.63, 3.8) is 0 Å². The van der Waals surface area contributed by atoms with E-state index in [9.17, 15) is 9.90 Å². The molecule has 5 nitrogen and oxygen atoms in total. The van der Waals surface area contributed by atoms with Gasteiger partial charge in [0, 0.05) is 36.6 Å². The molecule has 0 saturated heterocycles. The van der Waals surface area contributed by atoms with Gasteiger partial charge in [-0.15, -0.1) is 0 Å². The fourth-order valence-electron chi connectivity index (χ4n) is 2.35. The van der Waals surface area contributed by atoms with Crippen molar-refractivity contribution in [2.45, 2.75) is 33.0 Å². The minimum absolute atomic E-state index is 0.119. The highest BCUT2D eigenvalue weighted by Crippen LogP contribution is 2.17. The molecule has 1 aromatic heterocycles. The largest absolute Gasteiger partial charge is 0.489 e. The van der Waals surface area contributed by atoms with Crippen molar-refractivity contribution in [1.29, 1.82) is 0 Å². The molecule has 1 aromatic carbocycles. The average Bonchev–Trinajstić information content (AvgIpc) is 2.57. The number of hydrogen-bond donors (Lipinski definition) is 1. The summed E-state index contributed by atoms with van der Waals surface area (Å²) in [6, 6.07) is 10.9. The third kappa shape index (κ3) is 5.35. The number of nitrogens with zero attached hydrogens (tertiary/aromatic N) is 2. The Morgan fingerprint density at radius 2 is 2.08 bits per heavy atom. The van der Waals surface area contributed by atoms with Gasteiger partial charge in [-0.25, -0.2) is 0 Å². The van der Waals surface area contributed by atoms with Crippen molar-refractivity contribution in [1.82, 2.24) is 9.88 Å². The standard InChI is InChI=1S/C19H24N2O3/c1-4-21(14-19(2,3)23)18(22)16-8-5-9-17(11-16)24-13-15-7-6-10-20-12-15/h5-12,23H,4,13-14H2,1-3H3. The number of amides is 1. The van der Waals surface area contributed by atoms with Gasteiger partial charge in [0.15, 0.2) is 0 Å². The van der Waals surface area contributed by atoms with Crippen molar-refractivity contribution < 1.29 is 14.6 Å². The maximum Gasteiger partial charge on any atom is 0.254 e. The van der Waals surface area contributed by atoms with Crippen LogP contribution in [-0.4, -0.2) is 39.6 Å². The van der Waals surface area contributed by atoms with E-state index >= 15 is 0 Å². The summed E-state index contributed by atoms with van der Waals surface area (Å²) in [6.07, 6.45) is 3.46. The molecule has 2 rings (SSSR count). The molecule has 0 aliphatic carbocycles. The molecule has 1 amide bonds. The first-order valence-electron chi connectivity index (χ1n) is 8.02. The second-order valence-corrected chi connectivity index (χ2v) is 6.31. The number of carbonyl (C=O) groups is 1. The Hall–Kier alpha value is -2.40. The first-order chi connectivity index (χ1) is 11.4. The lowest BCUT2D eigenvalue weighted by Crippen LogP contribution is -2.42. The normalized spacial score (nSPS) is 11.2. The maximum atomic E-state index is 12.6. The smallest absolute Gasteiger partial charge is 0.254 e. The Morgan fingerprint density at radius 1 is 1.29 bits per heavy atom. The van der Waals surface area contributed by atoms with Crippen LogP contribution in [0.25, 0.3) is 0 Å². The summed E-state index contributed by atoms with van der Waals surface area (Å²) in [7, 11) is 0. The Bertz CT molecular complexity index is 666. The highest BCUT2D eigenvalue weighted by atomic mass is 16.5.